The number of aromatic nitrogens is 3. The summed E-state index contributed by atoms with van der Waals surface area (Å²) in [5, 5.41) is 2.87. The van der Waals surface area contributed by atoms with Crippen molar-refractivity contribution in [3.8, 4) is 0 Å². The Labute approximate surface area is 135 Å². The molecule has 4 N–H and O–H groups in total. The van der Waals surface area contributed by atoms with Gasteiger partial charge in [0.25, 0.3) is 0 Å². The Kier molecular flexibility index (Phi) is 4.87. The summed E-state index contributed by atoms with van der Waals surface area (Å²) in [6.45, 7) is 1.35. The number of aryl methyl sites for hydroxylation is 1. The highest BCUT2D eigenvalue weighted by Gasteiger charge is 2.30. The first-order valence-corrected chi connectivity index (χ1v) is 7.95. The SMILES string of the molecule is NCCNC(=O)N(Cc1cnc[nH]1)C1CCCc2cccnc21. The van der Waals surface area contributed by atoms with Crippen LogP contribution in [0.15, 0.2) is 30.9 Å². The Morgan fingerprint density at radius 1 is 1.52 bits per heavy atom. The van der Waals surface area contributed by atoms with E-state index in [1.54, 1.807) is 18.7 Å². The zero-order valence-corrected chi connectivity index (χ0v) is 13.0. The third-order valence-corrected chi connectivity index (χ3v) is 4.12. The molecule has 0 saturated heterocycles. The van der Waals surface area contributed by atoms with Gasteiger partial charge in [0.2, 0.25) is 0 Å². The van der Waals surface area contributed by atoms with Gasteiger partial charge in [-0.3, -0.25) is 4.98 Å². The van der Waals surface area contributed by atoms with Crippen molar-refractivity contribution in [1.29, 1.82) is 0 Å². The average molecular weight is 314 g/mol. The van der Waals surface area contributed by atoms with Gasteiger partial charge in [0.15, 0.2) is 0 Å². The lowest BCUT2D eigenvalue weighted by molar-refractivity contribution is 0.160. The number of nitrogens with two attached hydrogens (primary N) is 1. The van der Waals surface area contributed by atoms with Gasteiger partial charge >= 0.3 is 6.03 Å². The third kappa shape index (κ3) is 3.50. The molecule has 0 saturated carbocycles. The largest absolute Gasteiger partial charge is 0.347 e. The van der Waals surface area contributed by atoms with Crippen LogP contribution in [0.25, 0.3) is 0 Å². The molecule has 0 fully saturated rings. The normalized spacial score (nSPS) is 16.7. The van der Waals surface area contributed by atoms with E-state index in [1.807, 2.05) is 11.0 Å². The number of urea groups is 1. The van der Waals surface area contributed by atoms with Crippen LogP contribution in [0.4, 0.5) is 4.79 Å². The summed E-state index contributed by atoms with van der Waals surface area (Å²) in [5.41, 5.74) is 8.63. The van der Waals surface area contributed by atoms with Crippen LogP contribution in [0.2, 0.25) is 0 Å². The molecule has 2 heterocycles. The second-order valence-corrected chi connectivity index (χ2v) is 5.68. The molecule has 3 rings (SSSR count). The fourth-order valence-corrected chi connectivity index (χ4v) is 3.05. The highest BCUT2D eigenvalue weighted by molar-refractivity contribution is 5.74. The molecule has 2 aromatic rings. The van der Waals surface area contributed by atoms with E-state index in [-0.39, 0.29) is 12.1 Å². The first kappa shape index (κ1) is 15.5. The van der Waals surface area contributed by atoms with Gasteiger partial charge < -0.3 is 20.9 Å². The number of imidazole rings is 1. The Morgan fingerprint density at radius 3 is 3.22 bits per heavy atom. The fraction of sp³-hybridized carbons (Fsp3) is 0.438. The van der Waals surface area contributed by atoms with Crippen molar-refractivity contribution in [2.45, 2.75) is 31.8 Å². The lowest BCUT2D eigenvalue weighted by Gasteiger charge is -2.34. The Bertz CT molecular complexity index is 642. The van der Waals surface area contributed by atoms with Crippen molar-refractivity contribution in [1.82, 2.24) is 25.2 Å². The van der Waals surface area contributed by atoms with Crippen molar-refractivity contribution in [3.63, 3.8) is 0 Å². The van der Waals surface area contributed by atoms with Crippen LogP contribution in [0.5, 0.6) is 0 Å². The number of carbonyl (C=O) groups is 1. The minimum absolute atomic E-state index is 0.0268. The van der Waals surface area contributed by atoms with Gasteiger partial charge in [0.1, 0.15) is 0 Å². The van der Waals surface area contributed by atoms with Gasteiger partial charge in [0.05, 0.1) is 30.3 Å². The topological polar surface area (TPSA) is 99.9 Å². The van der Waals surface area contributed by atoms with E-state index in [2.05, 4.69) is 26.3 Å². The summed E-state index contributed by atoms with van der Waals surface area (Å²) in [6.07, 6.45) is 8.14. The molecule has 7 nitrogen and oxygen atoms in total. The Morgan fingerprint density at radius 2 is 2.43 bits per heavy atom. The predicted octanol–water partition coefficient (Wildman–Crippen LogP) is 1.35. The van der Waals surface area contributed by atoms with Gasteiger partial charge in [-0.05, 0) is 30.9 Å². The van der Waals surface area contributed by atoms with E-state index in [0.29, 0.717) is 19.6 Å². The Balaban J connectivity index is 1.87. The smallest absolute Gasteiger partial charge is 0.318 e. The minimum Gasteiger partial charge on any atom is -0.347 e. The molecule has 23 heavy (non-hydrogen) atoms. The van der Waals surface area contributed by atoms with Crippen molar-refractivity contribution in [2.75, 3.05) is 13.1 Å². The minimum atomic E-state index is -0.117. The molecule has 0 aliphatic heterocycles. The lowest BCUT2D eigenvalue weighted by atomic mass is 9.91. The summed E-state index contributed by atoms with van der Waals surface area (Å²) in [6, 6.07) is 3.91. The first-order valence-electron chi connectivity index (χ1n) is 7.95. The first-order chi connectivity index (χ1) is 11.3. The number of nitrogens with zero attached hydrogens (tertiary/aromatic N) is 3. The molecular formula is C16H22N6O. The number of hydrogen-bond donors (Lipinski definition) is 3. The van der Waals surface area contributed by atoms with E-state index in [4.69, 9.17) is 5.73 Å². The molecular weight excluding hydrogens is 292 g/mol. The van der Waals surface area contributed by atoms with Crippen LogP contribution in [-0.2, 0) is 13.0 Å². The standard InChI is InChI=1S/C16H22N6O/c17-6-8-20-16(23)22(10-13-9-18-11-21-13)14-5-1-3-12-4-2-7-19-15(12)14/h2,4,7,9,11,14H,1,3,5-6,8,10,17H2,(H,18,21)(H,20,23). The summed E-state index contributed by atoms with van der Waals surface area (Å²) in [5.74, 6) is 0. The van der Waals surface area contributed by atoms with Gasteiger partial charge in [-0.2, -0.15) is 0 Å². The van der Waals surface area contributed by atoms with Crippen LogP contribution >= 0.6 is 0 Å². The van der Waals surface area contributed by atoms with Crippen LogP contribution in [0.3, 0.4) is 0 Å². The average Bonchev–Trinajstić information content (AvgIpc) is 3.10. The van der Waals surface area contributed by atoms with Gasteiger partial charge in [-0.15, -0.1) is 0 Å². The number of rotatable bonds is 5. The maximum absolute atomic E-state index is 12.6. The Hall–Kier alpha value is -2.41. The molecule has 1 unspecified atom stereocenters. The lowest BCUT2D eigenvalue weighted by Crippen LogP contribution is -2.44. The van der Waals surface area contributed by atoms with E-state index < -0.39 is 0 Å². The van der Waals surface area contributed by atoms with Crippen LogP contribution < -0.4 is 11.1 Å². The zero-order chi connectivity index (χ0) is 16.1. The molecule has 0 radical (unpaired) electrons. The zero-order valence-electron chi connectivity index (χ0n) is 13.0. The summed E-state index contributed by atoms with van der Waals surface area (Å²) in [4.78, 5) is 26.1. The second kappa shape index (κ2) is 7.23. The molecule has 0 bridgehead atoms. The number of H-pyrrole nitrogens is 1. The number of hydrogen-bond acceptors (Lipinski definition) is 4. The van der Waals surface area contributed by atoms with E-state index >= 15 is 0 Å². The van der Waals surface area contributed by atoms with Gasteiger partial charge in [-0.25, -0.2) is 9.78 Å². The highest BCUT2D eigenvalue weighted by atomic mass is 16.2. The molecule has 1 atom stereocenters. The quantitative estimate of drug-likeness (QED) is 0.775. The number of carbonyl (C=O) groups excluding carboxylic acids is 1. The highest BCUT2D eigenvalue weighted by Crippen LogP contribution is 2.33. The number of aromatic amines is 1. The fourth-order valence-electron chi connectivity index (χ4n) is 3.05. The molecule has 2 aromatic heterocycles. The summed E-state index contributed by atoms with van der Waals surface area (Å²) < 4.78 is 0. The molecule has 2 amide bonds. The van der Waals surface area contributed by atoms with E-state index in [9.17, 15) is 4.79 Å². The molecule has 0 spiro atoms. The predicted molar refractivity (Wildman–Crippen MR) is 86.5 cm³/mol. The molecule has 7 heteroatoms. The molecule has 1 aliphatic rings. The van der Waals surface area contributed by atoms with Crippen LogP contribution in [-0.4, -0.2) is 39.0 Å². The second-order valence-electron chi connectivity index (χ2n) is 5.68. The maximum Gasteiger partial charge on any atom is 0.318 e. The number of nitrogens with one attached hydrogen (secondary N) is 2. The number of amides is 2. The van der Waals surface area contributed by atoms with E-state index in [1.165, 1.54) is 5.56 Å². The van der Waals surface area contributed by atoms with Crippen molar-refractivity contribution < 1.29 is 4.79 Å². The third-order valence-electron chi connectivity index (χ3n) is 4.12. The van der Waals surface area contributed by atoms with Crippen molar-refractivity contribution in [2.24, 2.45) is 5.73 Å². The van der Waals surface area contributed by atoms with Crippen LogP contribution in [0.1, 0.15) is 35.8 Å². The van der Waals surface area contributed by atoms with Gasteiger partial charge in [-0.1, -0.05) is 6.07 Å². The summed E-state index contributed by atoms with van der Waals surface area (Å²) in [7, 11) is 0. The molecule has 0 aromatic carbocycles. The van der Waals surface area contributed by atoms with Crippen molar-refractivity contribution >= 4 is 6.03 Å². The number of fused-ring (bicyclic) bond motifs is 1. The monoisotopic (exact) mass is 314 g/mol. The summed E-state index contributed by atoms with van der Waals surface area (Å²) >= 11 is 0. The number of pyridine rings is 1. The maximum atomic E-state index is 12.6. The molecule has 122 valence electrons. The molecule has 1 aliphatic carbocycles. The van der Waals surface area contributed by atoms with Crippen LogP contribution in [0, 0.1) is 0 Å². The van der Waals surface area contributed by atoms with E-state index in [0.717, 1.165) is 30.7 Å². The van der Waals surface area contributed by atoms with Crippen molar-refractivity contribution in [3.05, 3.63) is 47.8 Å². The van der Waals surface area contributed by atoms with Gasteiger partial charge in [0, 0.05) is 25.5 Å².